The average Bonchev–Trinajstić information content (AvgIpc) is 2.97. The van der Waals surface area contributed by atoms with Crippen molar-refractivity contribution < 1.29 is 14.3 Å². The molecule has 0 aliphatic carbocycles. The van der Waals surface area contributed by atoms with Crippen molar-refractivity contribution in [3.8, 4) is 11.4 Å². The highest BCUT2D eigenvalue weighted by atomic mass is 16.5. The van der Waals surface area contributed by atoms with Crippen molar-refractivity contribution >= 4 is 16.8 Å². The van der Waals surface area contributed by atoms with Gasteiger partial charge in [-0.05, 0) is 80.8 Å². The molecule has 39 heavy (non-hydrogen) atoms. The molecule has 1 amide bonds. The summed E-state index contributed by atoms with van der Waals surface area (Å²) < 4.78 is 12.6. The van der Waals surface area contributed by atoms with Crippen LogP contribution in [0.2, 0.25) is 0 Å². The minimum Gasteiger partial charge on any atom is -0.494 e. The molecule has 1 unspecified atom stereocenters. The Hall–Kier alpha value is -3.97. The topological polar surface area (TPSA) is 73.7 Å². The first kappa shape index (κ1) is 28.0. The third kappa shape index (κ3) is 6.37. The van der Waals surface area contributed by atoms with Gasteiger partial charge in [-0.1, -0.05) is 37.6 Å². The maximum atomic E-state index is 13.8. The molecule has 0 saturated heterocycles. The van der Waals surface area contributed by atoms with Crippen LogP contribution < -0.4 is 10.3 Å². The molecule has 7 nitrogen and oxygen atoms in total. The largest absolute Gasteiger partial charge is 0.494 e. The number of hydrogen-bond acceptors (Lipinski definition) is 5. The molecule has 3 aromatic carbocycles. The number of para-hydroxylation sites is 1. The summed E-state index contributed by atoms with van der Waals surface area (Å²) in [5.41, 5.74) is 2.86. The van der Waals surface area contributed by atoms with Gasteiger partial charge in [0.15, 0.2) is 0 Å². The molecule has 4 aromatic rings. The van der Waals surface area contributed by atoms with Gasteiger partial charge in [0, 0.05) is 19.2 Å². The van der Waals surface area contributed by atoms with E-state index in [1.54, 1.807) is 22.6 Å². The number of benzene rings is 3. The Labute approximate surface area is 230 Å². The first-order valence-electron chi connectivity index (χ1n) is 13.6. The lowest BCUT2D eigenvalue weighted by Crippen LogP contribution is -2.39. The second-order valence-electron chi connectivity index (χ2n) is 9.52. The molecule has 204 valence electrons. The van der Waals surface area contributed by atoms with E-state index >= 15 is 0 Å². The normalized spacial score (nSPS) is 11.9. The molecular weight excluding hydrogens is 490 g/mol. The SMILES string of the molecule is CCCCc1ccc(C(=O)N(CCOC)C(C)c2nc3ccccc3c(=O)n2-c2ccc(OCC)cc2)cc1. The highest BCUT2D eigenvalue weighted by Crippen LogP contribution is 2.25. The van der Waals surface area contributed by atoms with Crippen molar-refractivity contribution in [1.29, 1.82) is 0 Å². The molecule has 0 spiro atoms. The van der Waals surface area contributed by atoms with E-state index in [1.165, 1.54) is 5.56 Å². The Balaban J connectivity index is 1.79. The van der Waals surface area contributed by atoms with Crippen LogP contribution in [0.4, 0.5) is 0 Å². The molecule has 7 heteroatoms. The summed E-state index contributed by atoms with van der Waals surface area (Å²) in [6, 6.07) is 21.9. The van der Waals surface area contributed by atoms with Crippen LogP contribution in [-0.4, -0.2) is 47.2 Å². The fourth-order valence-electron chi connectivity index (χ4n) is 4.70. The van der Waals surface area contributed by atoms with E-state index in [2.05, 4.69) is 6.92 Å². The minimum atomic E-state index is -0.517. The maximum absolute atomic E-state index is 13.8. The van der Waals surface area contributed by atoms with Crippen molar-refractivity contribution in [2.75, 3.05) is 26.9 Å². The summed E-state index contributed by atoms with van der Waals surface area (Å²) in [4.78, 5) is 34.3. The Morgan fingerprint density at radius 1 is 1.00 bits per heavy atom. The first-order valence-corrected chi connectivity index (χ1v) is 13.6. The summed E-state index contributed by atoms with van der Waals surface area (Å²) in [6.45, 7) is 7.25. The lowest BCUT2D eigenvalue weighted by atomic mass is 10.1. The number of carbonyl (C=O) groups is 1. The van der Waals surface area contributed by atoms with Crippen LogP contribution >= 0.6 is 0 Å². The van der Waals surface area contributed by atoms with E-state index in [9.17, 15) is 9.59 Å². The van der Waals surface area contributed by atoms with Gasteiger partial charge in [0.25, 0.3) is 11.5 Å². The monoisotopic (exact) mass is 527 g/mol. The van der Waals surface area contributed by atoms with Gasteiger partial charge in [-0.15, -0.1) is 0 Å². The Morgan fingerprint density at radius 3 is 2.38 bits per heavy atom. The van der Waals surface area contributed by atoms with Gasteiger partial charge >= 0.3 is 0 Å². The van der Waals surface area contributed by atoms with Gasteiger partial charge in [-0.25, -0.2) is 4.98 Å². The molecule has 1 aromatic heterocycles. The van der Waals surface area contributed by atoms with E-state index < -0.39 is 6.04 Å². The number of fused-ring (bicyclic) bond motifs is 1. The molecule has 4 rings (SSSR count). The van der Waals surface area contributed by atoms with Crippen molar-refractivity contribution in [2.45, 2.75) is 46.1 Å². The van der Waals surface area contributed by atoms with Crippen molar-refractivity contribution in [1.82, 2.24) is 14.5 Å². The van der Waals surface area contributed by atoms with E-state index in [0.29, 0.717) is 47.7 Å². The maximum Gasteiger partial charge on any atom is 0.266 e. The average molecular weight is 528 g/mol. The molecule has 0 N–H and O–H groups in total. The zero-order chi connectivity index (χ0) is 27.8. The second kappa shape index (κ2) is 13.2. The van der Waals surface area contributed by atoms with E-state index in [1.807, 2.05) is 80.6 Å². The van der Waals surface area contributed by atoms with Crippen LogP contribution in [0.25, 0.3) is 16.6 Å². The van der Waals surface area contributed by atoms with E-state index in [-0.39, 0.29) is 11.5 Å². The highest BCUT2D eigenvalue weighted by Gasteiger charge is 2.27. The Kier molecular flexibility index (Phi) is 9.49. The first-order chi connectivity index (χ1) is 19.0. The third-order valence-corrected chi connectivity index (χ3v) is 6.87. The van der Waals surface area contributed by atoms with Crippen LogP contribution in [0.1, 0.15) is 61.4 Å². The predicted octanol–water partition coefficient (Wildman–Crippen LogP) is 5.98. The lowest BCUT2D eigenvalue weighted by Gasteiger charge is -2.30. The quantitative estimate of drug-likeness (QED) is 0.227. The van der Waals surface area contributed by atoms with Crippen LogP contribution in [0.5, 0.6) is 5.75 Å². The summed E-state index contributed by atoms with van der Waals surface area (Å²) in [5, 5.41) is 0.514. The van der Waals surface area contributed by atoms with Crippen LogP contribution in [0.15, 0.2) is 77.6 Å². The van der Waals surface area contributed by atoms with Gasteiger partial charge in [0.1, 0.15) is 11.6 Å². The van der Waals surface area contributed by atoms with Gasteiger partial charge in [0.05, 0.1) is 35.8 Å². The zero-order valence-electron chi connectivity index (χ0n) is 23.2. The molecule has 1 atom stereocenters. The summed E-state index contributed by atoms with van der Waals surface area (Å²) in [6.07, 6.45) is 3.23. The molecule has 0 bridgehead atoms. The fourth-order valence-corrected chi connectivity index (χ4v) is 4.70. The molecule has 0 fully saturated rings. The van der Waals surface area contributed by atoms with Crippen molar-refractivity contribution in [3.05, 3.63) is 100 Å². The minimum absolute atomic E-state index is 0.137. The van der Waals surface area contributed by atoms with E-state index in [4.69, 9.17) is 14.5 Å². The number of carbonyl (C=O) groups excluding carboxylic acids is 1. The summed E-state index contributed by atoms with van der Waals surface area (Å²) in [5.74, 6) is 1.06. The molecule has 1 heterocycles. The number of aromatic nitrogens is 2. The number of ether oxygens (including phenoxy) is 2. The number of rotatable bonds is 12. The number of hydrogen-bond donors (Lipinski definition) is 0. The van der Waals surface area contributed by atoms with Crippen molar-refractivity contribution in [2.24, 2.45) is 0 Å². The smallest absolute Gasteiger partial charge is 0.266 e. The Morgan fingerprint density at radius 2 is 1.72 bits per heavy atom. The zero-order valence-corrected chi connectivity index (χ0v) is 23.2. The summed E-state index contributed by atoms with van der Waals surface area (Å²) in [7, 11) is 1.61. The van der Waals surface area contributed by atoms with Crippen molar-refractivity contribution in [3.63, 3.8) is 0 Å². The molecule has 0 saturated carbocycles. The number of amides is 1. The molecule has 0 aliphatic rings. The van der Waals surface area contributed by atoms with Gasteiger partial charge in [-0.2, -0.15) is 0 Å². The van der Waals surface area contributed by atoms with Gasteiger partial charge < -0.3 is 14.4 Å². The highest BCUT2D eigenvalue weighted by molar-refractivity contribution is 5.94. The number of nitrogens with zero attached hydrogens (tertiary/aromatic N) is 3. The van der Waals surface area contributed by atoms with Crippen LogP contribution in [0.3, 0.4) is 0 Å². The third-order valence-electron chi connectivity index (χ3n) is 6.87. The number of aryl methyl sites for hydroxylation is 1. The summed E-state index contributed by atoms with van der Waals surface area (Å²) >= 11 is 0. The van der Waals surface area contributed by atoms with Crippen LogP contribution in [-0.2, 0) is 11.2 Å². The van der Waals surface area contributed by atoms with E-state index in [0.717, 1.165) is 25.0 Å². The van der Waals surface area contributed by atoms with Gasteiger partial charge in [-0.3, -0.25) is 14.2 Å². The van der Waals surface area contributed by atoms with Crippen LogP contribution in [0, 0.1) is 0 Å². The number of methoxy groups -OCH3 is 1. The predicted molar refractivity (Wildman–Crippen MR) is 155 cm³/mol. The standard InChI is InChI=1S/C32H37N3O4/c1-5-7-10-24-13-15-25(16-14-24)31(36)34(21-22-38-4)23(3)30-33-29-12-9-8-11-28(29)32(37)35(30)26-17-19-27(20-18-26)39-6-2/h8-9,11-20,23H,5-7,10,21-22H2,1-4H3. The second-order valence-corrected chi connectivity index (χ2v) is 9.52. The fraction of sp³-hybridized carbons (Fsp3) is 0.344. The Bertz CT molecular complexity index is 1450. The molecule has 0 radical (unpaired) electrons. The molecule has 0 aliphatic heterocycles. The molecular formula is C32H37N3O4. The number of unbranched alkanes of at least 4 members (excludes halogenated alkanes) is 1. The van der Waals surface area contributed by atoms with Gasteiger partial charge in [0.2, 0.25) is 0 Å². The lowest BCUT2D eigenvalue weighted by molar-refractivity contribution is 0.0605.